The van der Waals surface area contributed by atoms with E-state index < -0.39 is 11.7 Å². The van der Waals surface area contributed by atoms with Gasteiger partial charge in [0.2, 0.25) is 0 Å². The summed E-state index contributed by atoms with van der Waals surface area (Å²) >= 11 is 0. The van der Waals surface area contributed by atoms with Gasteiger partial charge in [-0.05, 0) is 52.5 Å². The first-order valence-corrected chi connectivity index (χ1v) is 7.66. The molecule has 0 spiro atoms. The van der Waals surface area contributed by atoms with Crippen LogP contribution in [0.5, 0.6) is 0 Å². The number of nitrogens with zero attached hydrogens (tertiary/aromatic N) is 1. The highest BCUT2D eigenvalue weighted by atomic mass is 16.6. The average molecular weight is 306 g/mol. The number of benzene rings is 1. The van der Waals surface area contributed by atoms with Crippen molar-refractivity contribution in [3.8, 4) is 0 Å². The number of nitroso groups, excluding NO2 is 1. The summed E-state index contributed by atoms with van der Waals surface area (Å²) in [6, 6.07) is 9.51. The highest BCUT2D eigenvalue weighted by Crippen LogP contribution is 2.13. The van der Waals surface area contributed by atoms with E-state index in [-0.39, 0.29) is 12.1 Å². The van der Waals surface area contributed by atoms with Crippen molar-refractivity contribution in [1.82, 2.24) is 5.32 Å². The maximum atomic E-state index is 11.7. The first-order chi connectivity index (χ1) is 10.3. The van der Waals surface area contributed by atoms with E-state index in [0.717, 1.165) is 6.42 Å². The van der Waals surface area contributed by atoms with Gasteiger partial charge in [-0.25, -0.2) is 4.79 Å². The summed E-state index contributed by atoms with van der Waals surface area (Å²) in [4.78, 5) is 22.7. The van der Waals surface area contributed by atoms with E-state index in [1.54, 1.807) is 0 Å². The predicted molar refractivity (Wildman–Crippen MR) is 87.8 cm³/mol. The highest BCUT2D eigenvalue weighted by Gasteiger charge is 2.20. The molecule has 0 fully saturated rings. The fourth-order valence-electron chi connectivity index (χ4n) is 2.17. The summed E-state index contributed by atoms with van der Waals surface area (Å²) in [5.74, 6) is 0. The Morgan fingerprint density at radius 3 is 2.45 bits per heavy atom. The zero-order valence-corrected chi connectivity index (χ0v) is 13.8. The SMILES string of the molecule is CC(CC(CCc1ccccc1)N=O)NC(=O)OC(C)(C)C. The lowest BCUT2D eigenvalue weighted by Gasteiger charge is -2.22. The molecule has 1 amide bonds. The van der Waals surface area contributed by atoms with Crippen molar-refractivity contribution >= 4 is 6.09 Å². The number of ether oxygens (including phenoxy) is 1. The molecule has 0 saturated carbocycles. The van der Waals surface area contributed by atoms with Gasteiger partial charge in [0.25, 0.3) is 0 Å². The van der Waals surface area contributed by atoms with Crippen molar-refractivity contribution in [2.75, 3.05) is 0 Å². The van der Waals surface area contributed by atoms with Gasteiger partial charge < -0.3 is 10.1 Å². The molecule has 1 rings (SSSR count). The van der Waals surface area contributed by atoms with Crippen LogP contribution >= 0.6 is 0 Å². The molecular weight excluding hydrogens is 280 g/mol. The van der Waals surface area contributed by atoms with Gasteiger partial charge in [0.05, 0.1) is 6.04 Å². The smallest absolute Gasteiger partial charge is 0.407 e. The number of carbonyl (C=O) groups is 1. The first kappa shape index (κ1) is 18.1. The van der Waals surface area contributed by atoms with Gasteiger partial charge in [0.1, 0.15) is 5.60 Å². The summed E-state index contributed by atoms with van der Waals surface area (Å²) < 4.78 is 5.19. The lowest BCUT2D eigenvalue weighted by atomic mass is 10.0. The van der Waals surface area contributed by atoms with Crippen molar-refractivity contribution < 1.29 is 9.53 Å². The van der Waals surface area contributed by atoms with Crippen molar-refractivity contribution in [1.29, 1.82) is 0 Å². The Bertz CT molecular complexity index is 469. The molecule has 1 aromatic carbocycles. The van der Waals surface area contributed by atoms with E-state index in [2.05, 4.69) is 10.5 Å². The van der Waals surface area contributed by atoms with Crippen LogP contribution in [0.15, 0.2) is 35.5 Å². The van der Waals surface area contributed by atoms with Gasteiger partial charge in [0.15, 0.2) is 0 Å². The number of hydrogen-bond donors (Lipinski definition) is 1. The minimum Gasteiger partial charge on any atom is -0.444 e. The van der Waals surface area contributed by atoms with Gasteiger partial charge in [-0.3, -0.25) is 0 Å². The Kier molecular flexibility index (Phi) is 7.02. The van der Waals surface area contributed by atoms with E-state index >= 15 is 0 Å². The normalized spacial score (nSPS) is 14.0. The summed E-state index contributed by atoms with van der Waals surface area (Å²) in [6.07, 6.45) is 1.52. The Morgan fingerprint density at radius 1 is 1.27 bits per heavy atom. The first-order valence-electron chi connectivity index (χ1n) is 7.66. The fourth-order valence-corrected chi connectivity index (χ4v) is 2.17. The molecule has 0 aliphatic carbocycles. The summed E-state index contributed by atoms with van der Waals surface area (Å²) in [5, 5.41) is 5.92. The van der Waals surface area contributed by atoms with E-state index in [1.807, 2.05) is 58.0 Å². The molecule has 0 aliphatic heterocycles. The molecule has 0 saturated heterocycles. The maximum Gasteiger partial charge on any atom is 0.407 e. The second kappa shape index (κ2) is 8.51. The molecule has 0 bridgehead atoms. The Hall–Kier alpha value is -1.91. The lowest BCUT2D eigenvalue weighted by Crippen LogP contribution is -2.39. The van der Waals surface area contributed by atoms with Crippen molar-refractivity contribution in [3.05, 3.63) is 40.8 Å². The Balaban J connectivity index is 2.38. The Labute approximate surface area is 132 Å². The van der Waals surface area contributed by atoms with E-state index in [0.29, 0.717) is 12.8 Å². The second-order valence-corrected chi connectivity index (χ2v) is 6.57. The van der Waals surface area contributed by atoms with Crippen LogP contribution in [0.4, 0.5) is 4.79 Å². The minimum absolute atomic E-state index is 0.159. The zero-order valence-electron chi connectivity index (χ0n) is 13.8. The van der Waals surface area contributed by atoms with Crippen molar-refractivity contribution in [2.45, 2.75) is 64.6 Å². The van der Waals surface area contributed by atoms with Gasteiger partial charge in [-0.1, -0.05) is 35.5 Å². The molecule has 5 heteroatoms. The molecule has 0 aromatic heterocycles. The molecule has 0 heterocycles. The number of carbonyl (C=O) groups excluding carboxylic acids is 1. The number of rotatable bonds is 7. The average Bonchev–Trinajstić information content (AvgIpc) is 2.42. The zero-order chi connectivity index (χ0) is 16.6. The molecule has 122 valence electrons. The molecule has 2 unspecified atom stereocenters. The molecule has 1 N–H and O–H groups in total. The summed E-state index contributed by atoms with van der Waals surface area (Å²) in [5.41, 5.74) is 0.656. The van der Waals surface area contributed by atoms with Gasteiger partial charge in [0, 0.05) is 6.04 Å². The summed E-state index contributed by atoms with van der Waals surface area (Å²) in [7, 11) is 0. The largest absolute Gasteiger partial charge is 0.444 e. The molecular formula is C17H26N2O3. The predicted octanol–water partition coefficient (Wildman–Crippen LogP) is 4.06. The fraction of sp³-hybridized carbons (Fsp3) is 0.588. The third-order valence-electron chi connectivity index (χ3n) is 3.15. The second-order valence-electron chi connectivity index (χ2n) is 6.57. The van der Waals surface area contributed by atoms with Crippen LogP contribution in [-0.2, 0) is 11.2 Å². The quantitative estimate of drug-likeness (QED) is 0.772. The van der Waals surface area contributed by atoms with Crippen molar-refractivity contribution in [2.24, 2.45) is 5.18 Å². The van der Waals surface area contributed by atoms with Gasteiger partial charge in [-0.15, -0.1) is 0 Å². The number of alkyl carbamates (subject to hydrolysis) is 1. The van der Waals surface area contributed by atoms with Crippen LogP contribution in [0.3, 0.4) is 0 Å². The van der Waals surface area contributed by atoms with Crippen LogP contribution in [0.1, 0.15) is 46.1 Å². The number of hydrogen-bond acceptors (Lipinski definition) is 4. The van der Waals surface area contributed by atoms with Gasteiger partial charge in [-0.2, -0.15) is 4.91 Å². The number of aryl methyl sites for hydroxylation is 1. The Morgan fingerprint density at radius 2 is 1.91 bits per heavy atom. The van der Waals surface area contributed by atoms with Crippen LogP contribution in [0.2, 0.25) is 0 Å². The van der Waals surface area contributed by atoms with Crippen LogP contribution in [-0.4, -0.2) is 23.8 Å². The third-order valence-corrected chi connectivity index (χ3v) is 3.15. The lowest BCUT2D eigenvalue weighted by molar-refractivity contribution is 0.0505. The minimum atomic E-state index is -0.528. The molecule has 0 radical (unpaired) electrons. The van der Waals surface area contributed by atoms with Crippen molar-refractivity contribution in [3.63, 3.8) is 0 Å². The number of nitrogens with one attached hydrogen (secondary N) is 1. The molecule has 0 aliphatic rings. The van der Waals surface area contributed by atoms with Crippen LogP contribution in [0, 0.1) is 4.91 Å². The molecule has 2 atom stereocenters. The standard InChI is InChI=1S/C17H26N2O3/c1-13(18-16(20)22-17(2,3)4)12-15(19-21)11-10-14-8-6-5-7-9-14/h5-9,13,15H,10-12H2,1-4H3,(H,18,20). The molecule has 22 heavy (non-hydrogen) atoms. The topological polar surface area (TPSA) is 67.8 Å². The summed E-state index contributed by atoms with van der Waals surface area (Å²) in [6.45, 7) is 7.29. The van der Waals surface area contributed by atoms with Gasteiger partial charge >= 0.3 is 6.09 Å². The molecule has 1 aromatic rings. The van der Waals surface area contributed by atoms with E-state index in [4.69, 9.17) is 4.74 Å². The van der Waals surface area contributed by atoms with E-state index in [1.165, 1.54) is 5.56 Å². The third kappa shape index (κ3) is 7.76. The van der Waals surface area contributed by atoms with Crippen LogP contribution in [0.25, 0.3) is 0 Å². The molecule has 5 nitrogen and oxygen atoms in total. The maximum absolute atomic E-state index is 11.7. The number of amides is 1. The van der Waals surface area contributed by atoms with E-state index in [9.17, 15) is 9.70 Å². The highest BCUT2D eigenvalue weighted by molar-refractivity contribution is 5.68. The monoisotopic (exact) mass is 306 g/mol. The van der Waals surface area contributed by atoms with Crippen LogP contribution < -0.4 is 5.32 Å².